The third-order valence-electron chi connectivity index (χ3n) is 5.29. The second-order valence-corrected chi connectivity index (χ2v) is 7.20. The fourth-order valence-electron chi connectivity index (χ4n) is 3.53. The molecule has 8 heteroatoms. The number of nitrogens with one attached hydrogen (secondary N) is 2. The molecular weight excluding hydrogens is 358 g/mol. The van der Waals surface area contributed by atoms with Crippen molar-refractivity contribution in [1.29, 1.82) is 0 Å². The molecule has 2 saturated heterocycles. The van der Waals surface area contributed by atoms with Gasteiger partial charge in [-0.3, -0.25) is 9.80 Å². The summed E-state index contributed by atoms with van der Waals surface area (Å²) in [5.74, 6) is 0. The van der Waals surface area contributed by atoms with Crippen molar-refractivity contribution in [1.82, 2.24) is 15.1 Å². The van der Waals surface area contributed by atoms with Gasteiger partial charge in [0.05, 0.1) is 19.8 Å². The number of rotatable bonds is 8. The van der Waals surface area contributed by atoms with E-state index in [0.717, 1.165) is 71.3 Å². The second kappa shape index (κ2) is 11.2. The number of hydrogen-bond acceptors (Lipinski definition) is 6. The van der Waals surface area contributed by atoms with Gasteiger partial charge in [-0.25, -0.2) is 4.79 Å². The van der Waals surface area contributed by atoms with Crippen LogP contribution in [0.4, 0.5) is 16.2 Å². The van der Waals surface area contributed by atoms with Crippen LogP contribution in [-0.4, -0.2) is 102 Å². The maximum Gasteiger partial charge on any atom is 0.319 e. The number of piperazine rings is 1. The number of benzene rings is 1. The lowest BCUT2D eigenvalue weighted by molar-refractivity contribution is 0.0331. The maximum absolute atomic E-state index is 11.8. The van der Waals surface area contributed by atoms with Gasteiger partial charge in [0.15, 0.2) is 0 Å². The largest absolute Gasteiger partial charge is 0.383 e. The first kappa shape index (κ1) is 20.9. The summed E-state index contributed by atoms with van der Waals surface area (Å²) >= 11 is 0. The van der Waals surface area contributed by atoms with Gasteiger partial charge in [-0.2, -0.15) is 0 Å². The number of amides is 2. The van der Waals surface area contributed by atoms with Crippen LogP contribution in [0.25, 0.3) is 0 Å². The lowest BCUT2D eigenvalue weighted by atomic mass is 10.2. The molecule has 0 unspecified atom stereocenters. The molecule has 0 radical (unpaired) electrons. The standard InChI is InChI=1S/C20H33N5O3/c1-27-15-6-21-20(26)22-18-2-4-19(5-3-18)25-11-9-23(10-12-25)7-8-24-13-16-28-17-14-24/h2-5H,6-17H2,1H3,(H2,21,22,26). The van der Waals surface area contributed by atoms with Crippen molar-refractivity contribution < 1.29 is 14.3 Å². The molecule has 3 rings (SSSR count). The summed E-state index contributed by atoms with van der Waals surface area (Å²) in [6, 6.07) is 7.85. The Balaban J connectivity index is 1.37. The Kier molecular flexibility index (Phi) is 8.35. The number of anilines is 2. The Hall–Kier alpha value is -1.87. The Morgan fingerprint density at radius 1 is 1.00 bits per heavy atom. The predicted octanol–water partition coefficient (Wildman–Crippen LogP) is 0.909. The van der Waals surface area contributed by atoms with Crippen molar-refractivity contribution in [2.45, 2.75) is 0 Å². The van der Waals surface area contributed by atoms with Crippen molar-refractivity contribution in [3.05, 3.63) is 24.3 Å². The molecule has 2 heterocycles. The molecule has 1 aromatic carbocycles. The molecular formula is C20H33N5O3. The molecule has 0 saturated carbocycles. The number of nitrogens with zero attached hydrogens (tertiary/aromatic N) is 3. The highest BCUT2D eigenvalue weighted by atomic mass is 16.5. The van der Waals surface area contributed by atoms with Crippen molar-refractivity contribution in [2.24, 2.45) is 0 Å². The highest BCUT2D eigenvalue weighted by Gasteiger charge is 2.18. The van der Waals surface area contributed by atoms with Crippen LogP contribution in [0.1, 0.15) is 0 Å². The Bertz CT molecular complexity index is 584. The topological polar surface area (TPSA) is 69.3 Å². The average Bonchev–Trinajstić information content (AvgIpc) is 2.74. The zero-order valence-electron chi connectivity index (χ0n) is 16.9. The normalized spacial score (nSPS) is 18.8. The predicted molar refractivity (Wildman–Crippen MR) is 111 cm³/mol. The Morgan fingerprint density at radius 3 is 2.29 bits per heavy atom. The van der Waals surface area contributed by atoms with Crippen molar-refractivity contribution >= 4 is 17.4 Å². The van der Waals surface area contributed by atoms with E-state index in [4.69, 9.17) is 9.47 Å². The zero-order valence-corrected chi connectivity index (χ0v) is 16.9. The summed E-state index contributed by atoms with van der Waals surface area (Å²) in [7, 11) is 1.61. The van der Waals surface area contributed by atoms with Gasteiger partial charge in [0.2, 0.25) is 0 Å². The smallest absolute Gasteiger partial charge is 0.319 e. The van der Waals surface area contributed by atoms with Crippen LogP contribution in [0.3, 0.4) is 0 Å². The van der Waals surface area contributed by atoms with E-state index in [-0.39, 0.29) is 6.03 Å². The van der Waals surface area contributed by atoms with Crippen molar-refractivity contribution in [2.75, 3.05) is 96.0 Å². The van der Waals surface area contributed by atoms with E-state index < -0.39 is 0 Å². The average molecular weight is 392 g/mol. The van der Waals surface area contributed by atoms with Crippen LogP contribution in [-0.2, 0) is 9.47 Å². The van der Waals surface area contributed by atoms with E-state index in [1.165, 1.54) is 5.69 Å². The molecule has 0 aromatic heterocycles. The Morgan fingerprint density at radius 2 is 1.64 bits per heavy atom. The number of hydrogen-bond donors (Lipinski definition) is 2. The number of carbonyl (C=O) groups is 1. The van der Waals surface area contributed by atoms with E-state index >= 15 is 0 Å². The number of morpholine rings is 1. The van der Waals surface area contributed by atoms with Gasteiger partial charge in [-0.05, 0) is 24.3 Å². The van der Waals surface area contributed by atoms with Crippen LogP contribution in [0.5, 0.6) is 0 Å². The molecule has 1 aromatic rings. The molecule has 2 fully saturated rings. The SMILES string of the molecule is COCCNC(=O)Nc1ccc(N2CCN(CCN3CCOCC3)CC2)cc1. The molecule has 156 valence electrons. The molecule has 2 aliphatic rings. The first-order valence-corrected chi connectivity index (χ1v) is 10.2. The summed E-state index contributed by atoms with van der Waals surface area (Å²) in [5, 5.41) is 5.59. The lowest BCUT2D eigenvalue weighted by Crippen LogP contribution is -2.49. The highest BCUT2D eigenvalue weighted by molar-refractivity contribution is 5.89. The summed E-state index contributed by atoms with van der Waals surface area (Å²) in [6.07, 6.45) is 0. The van der Waals surface area contributed by atoms with Crippen molar-refractivity contribution in [3.8, 4) is 0 Å². The fourth-order valence-corrected chi connectivity index (χ4v) is 3.53. The minimum absolute atomic E-state index is 0.210. The molecule has 2 amide bonds. The fraction of sp³-hybridized carbons (Fsp3) is 0.650. The van der Waals surface area contributed by atoms with Crippen LogP contribution >= 0.6 is 0 Å². The van der Waals surface area contributed by atoms with Gasteiger partial charge in [-0.1, -0.05) is 0 Å². The molecule has 0 bridgehead atoms. The van der Waals surface area contributed by atoms with Crippen LogP contribution in [0, 0.1) is 0 Å². The minimum atomic E-state index is -0.210. The van der Waals surface area contributed by atoms with Gasteiger partial charge < -0.3 is 25.0 Å². The monoisotopic (exact) mass is 391 g/mol. The second-order valence-electron chi connectivity index (χ2n) is 7.20. The molecule has 28 heavy (non-hydrogen) atoms. The zero-order chi connectivity index (χ0) is 19.6. The summed E-state index contributed by atoms with van der Waals surface area (Å²) < 4.78 is 10.3. The van der Waals surface area contributed by atoms with E-state index in [9.17, 15) is 4.79 Å². The first-order chi connectivity index (χ1) is 13.7. The lowest BCUT2D eigenvalue weighted by Gasteiger charge is -2.37. The number of carbonyl (C=O) groups excluding carboxylic acids is 1. The van der Waals surface area contributed by atoms with Crippen molar-refractivity contribution in [3.63, 3.8) is 0 Å². The third-order valence-corrected chi connectivity index (χ3v) is 5.29. The molecule has 0 atom stereocenters. The van der Waals surface area contributed by atoms with E-state index in [0.29, 0.717) is 13.2 Å². The number of urea groups is 1. The van der Waals surface area contributed by atoms with Crippen LogP contribution in [0.15, 0.2) is 24.3 Å². The van der Waals surface area contributed by atoms with E-state index in [1.54, 1.807) is 7.11 Å². The molecule has 0 spiro atoms. The van der Waals surface area contributed by atoms with Gasteiger partial charge in [0.25, 0.3) is 0 Å². The van der Waals surface area contributed by atoms with Crippen LogP contribution < -0.4 is 15.5 Å². The third kappa shape index (κ3) is 6.63. The van der Waals surface area contributed by atoms with Crippen LogP contribution in [0.2, 0.25) is 0 Å². The maximum atomic E-state index is 11.8. The number of methoxy groups -OCH3 is 1. The summed E-state index contributed by atoms with van der Waals surface area (Å²) in [4.78, 5) is 19.2. The summed E-state index contributed by atoms with van der Waals surface area (Å²) in [6.45, 7) is 11.4. The quantitative estimate of drug-likeness (QED) is 0.642. The van der Waals surface area contributed by atoms with Gasteiger partial charge in [-0.15, -0.1) is 0 Å². The molecule has 8 nitrogen and oxygen atoms in total. The molecule has 0 aliphatic carbocycles. The van der Waals surface area contributed by atoms with E-state index in [2.05, 4.69) is 37.5 Å². The van der Waals surface area contributed by atoms with E-state index in [1.807, 2.05) is 12.1 Å². The Labute approximate surface area is 167 Å². The van der Waals surface area contributed by atoms with Gasteiger partial charge in [0.1, 0.15) is 0 Å². The molecule has 2 N–H and O–H groups in total. The van der Waals surface area contributed by atoms with Gasteiger partial charge in [0, 0.05) is 77.4 Å². The highest BCUT2D eigenvalue weighted by Crippen LogP contribution is 2.19. The first-order valence-electron chi connectivity index (χ1n) is 10.2. The minimum Gasteiger partial charge on any atom is -0.383 e. The molecule has 2 aliphatic heterocycles. The van der Waals surface area contributed by atoms with Gasteiger partial charge >= 0.3 is 6.03 Å². The number of ether oxygens (including phenoxy) is 2. The summed E-state index contributed by atoms with van der Waals surface area (Å²) in [5.41, 5.74) is 2.00.